The van der Waals surface area contributed by atoms with Gasteiger partial charge in [-0.25, -0.2) is 13.2 Å². The van der Waals surface area contributed by atoms with Crippen LogP contribution in [0.25, 0.3) is 0 Å². The first-order valence-electron chi connectivity index (χ1n) is 5.85. The van der Waals surface area contributed by atoms with Crippen molar-refractivity contribution in [3.63, 3.8) is 0 Å². The average molecular weight is 288 g/mol. The number of aromatic amines is 1. The first-order valence-corrected chi connectivity index (χ1v) is 7.29. The Labute approximate surface area is 110 Å². The summed E-state index contributed by atoms with van der Waals surface area (Å²) in [4.78, 5) is 13.6. The number of sulfonamides is 1. The second-order valence-electron chi connectivity index (χ2n) is 4.69. The molecule has 0 amide bonds. The van der Waals surface area contributed by atoms with E-state index in [-0.39, 0.29) is 29.2 Å². The van der Waals surface area contributed by atoms with Crippen LogP contribution in [0, 0.1) is 13.8 Å². The van der Waals surface area contributed by atoms with Crippen LogP contribution in [-0.4, -0.2) is 53.1 Å². The van der Waals surface area contributed by atoms with Gasteiger partial charge in [0.2, 0.25) is 10.0 Å². The fourth-order valence-corrected chi connectivity index (χ4v) is 4.29. The van der Waals surface area contributed by atoms with Gasteiger partial charge in [-0.15, -0.1) is 0 Å². The number of aliphatic hydroxyl groups is 1. The van der Waals surface area contributed by atoms with Gasteiger partial charge in [0, 0.05) is 24.3 Å². The molecule has 19 heavy (non-hydrogen) atoms. The molecule has 1 aliphatic heterocycles. The number of H-pyrrole nitrogens is 1. The number of hydrogen-bond acceptors (Lipinski definition) is 4. The van der Waals surface area contributed by atoms with Crippen molar-refractivity contribution >= 4 is 16.0 Å². The number of hydrogen-bond donors (Lipinski definition) is 3. The van der Waals surface area contributed by atoms with Gasteiger partial charge in [0.25, 0.3) is 0 Å². The van der Waals surface area contributed by atoms with Crippen molar-refractivity contribution in [3.8, 4) is 0 Å². The van der Waals surface area contributed by atoms with Crippen LogP contribution in [0.15, 0.2) is 4.90 Å². The second-order valence-corrected chi connectivity index (χ2v) is 6.56. The van der Waals surface area contributed by atoms with Crippen LogP contribution in [0.4, 0.5) is 0 Å². The second kappa shape index (κ2) is 4.62. The molecule has 8 heteroatoms. The molecule has 1 unspecified atom stereocenters. The van der Waals surface area contributed by atoms with Crippen molar-refractivity contribution in [2.75, 3.05) is 13.1 Å². The molecule has 0 aromatic carbocycles. The van der Waals surface area contributed by atoms with Crippen LogP contribution in [0.1, 0.15) is 28.2 Å². The van der Waals surface area contributed by atoms with Gasteiger partial charge in [-0.1, -0.05) is 0 Å². The molecule has 2 heterocycles. The fourth-order valence-electron chi connectivity index (χ4n) is 2.39. The fraction of sp³-hybridized carbons (Fsp3) is 0.545. The van der Waals surface area contributed by atoms with Crippen molar-refractivity contribution in [1.29, 1.82) is 0 Å². The maximum absolute atomic E-state index is 12.5. The minimum absolute atomic E-state index is 0.000926. The van der Waals surface area contributed by atoms with Gasteiger partial charge in [0.05, 0.1) is 6.10 Å². The highest BCUT2D eigenvalue weighted by molar-refractivity contribution is 7.89. The Bertz CT molecular complexity index is 619. The molecular weight excluding hydrogens is 272 g/mol. The molecule has 1 aromatic rings. The predicted molar refractivity (Wildman–Crippen MR) is 66.6 cm³/mol. The lowest BCUT2D eigenvalue weighted by molar-refractivity contribution is 0.0690. The highest BCUT2D eigenvalue weighted by Crippen LogP contribution is 2.28. The maximum atomic E-state index is 12.5. The number of carboxylic acid groups (broad SMARTS) is 1. The molecule has 7 nitrogen and oxygen atoms in total. The third-order valence-electron chi connectivity index (χ3n) is 3.31. The van der Waals surface area contributed by atoms with E-state index in [0.29, 0.717) is 12.1 Å². The van der Waals surface area contributed by atoms with Gasteiger partial charge in [-0.3, -0.25) is 0 Å². The van der Waals surface area contributed by atoms with Crippen molar-refractivity contribution in [3.05, 3.63) is 17.0 Å². The Kier molecular flexibility index (Phi) is 3.41. The van der Waals surface area contributed by atoms with Crippen LogP contribution < -0.4 is 0 Å². The molecule has 1 atom stereocenters. The van der Waals surface area contributed by atoms with Gasteiger partial charge in [0.1, 0.15) is 10.6 Å². The summed E-state index contributed by atoms with van der Waals surface area (Å²) in [6.07, 6.45) is -0.263. The standard InChI is InChI=1S/C11H16N2O5S/c1-6-9(11(15)16)12-7(2)10(6)19(17,18)13-4-3-8(14)5-13/h8,12,14H,3-5H2,1-2H3,(H,15,16). The molecule has 0 radical (unpaired) electrons. The highest BCUT2D eigenvalue weighted by atomic mass is 32.2. The van der Waals surface area contributed by atoms with Crippen molar-refractivity contribution in [2.24, 2.45) is 0 Å². The molecular formula is C11H16N2O5S. The molecule has 106 valence electrons. The summed E-state index contributed by atoms with van der Waals surface area (Å²) in [6.45, 7) is 3.29. The van der Waals surface area contributed by atoms with Crippen molar-refractivity contribution in [2.45, 2.75) is 31.3 Å². The summed E-state index contributed by atoms with van der Waals surface area (Å²) >= 11 is 0. The molecule has 1 aromatic heterocycles. The SMILES string of the molecule is Cc1[nH]c(C(=O)O)c(C)c1S(=O)(=O)N1CCC(O)C1. The van der Waals surface area contributed by atoms with Crippen molar-refractivity contribution in [1.82, 2.24) is 9.29 Å². The number of aliphatic hydroxyl groups excluding tert-OH is 1. The van der Waals surface area contributed by atoms with Crippen LogP contribution in [0.2, 0.25) is 0 Å². The minimum atomic E-state index is -3.77. The Morgan fingerprint density at radius 1 is 1.42 bits per heavy atom. The van der Waals surface area contributed by atoms with Crippen molar-refractivity contribution < 1.29 is 23.4 Å². The van der Waals surface area contributed by atoms with Crippen LogP contribution >= 0.6 is 0 Å². The summed E-state index contributed by atoms with van der Waals surface area (Å²) < 4.78 is 26.1. The Morgan fingerprint density at radius 3 is 2.47 bits per heavy atom. The smallest absolute Gasteiger partial charge is 0.352 e. The molecule has 0 aliphatic carbocycles. The van der Waals surface area contributed by atoms with E-state index in [4.69, 9.17) is 5.11 Å². The van der Waals surface area contributed by atoms with E-state index in [0.717, 1.165) is 0 Å². The van der Waals surface area contributed by atoms with Gasteiger partial charge in [-0.05, 0) is 20.3 Å². The van der Waals surface area contributed by atoms with Gasteiger partial charge in [-0.2, -0.15) is 4.31 Å². The van der Waals surface area contributed by atoms with Gasteiger partial charge in [0.15, 0.2) is 0 Å². The van der Waals surface area contributed by atoms with Gasteiger partial charge < -0.3 is 15.2 Å². The van der Waals surface area contributed by atoms with E-state index in [1.807, 2.05) is 0 Å². The number of aromatic carboxylic acids is 1. The number of nitrogens with one attached hydrogen (secondary N) is 1. The normalized spacial score (nSPS) is 20.9. The Morgan fingerprint density at radius 2 is 2.05 bits per heavy atom. The first-order chi connectivity index (χ1) is 8.75. The zero-order chi connectivity index (χ0) is 14.4. The van der Waals surface area contributed by atoms with E-state index in [2.05, 4.69) is 4.98 Å². The lowest BCUT2D eigenvalue weighted by Gasteiger charge is -2.16. The van der Waals surface area contributed by atoms with Gasteiger partial charge >= 0.3 is 5.97 Å². The molecule has 2 rings (SSSR count). The van der Waals surface area contributed by atoms with E-state index < -0.39 is 22.1 Å². The van der Waals surface area contributed by atoms with Crippen LogP contribution in [-0.2, 0) is 10.0 Å². The number of carboxylic acids is 1. The zero-order valence-electron chi connectivity index (χ0n) is 10.7. The monoisotopic (exact) mass is 288 g/mol. The summed E-state index contributed by atoms with van der Waals surface area (Å²) in [5, 5.41) is 18.4. The third kappa shape index (κ3) is 2.26. The Balaban J connectivity index is 2.50. The summed E-state index contributed by atoms with van der Waals surface area (Å²) in [6, 6.07) is 0. The zero-order valence-corrected chi connectivity index (χ0v) is 11.5. The van der Waals surface area contributed by atoms with Crippen LogP contribution in [0.3, 0.4) is 0 Å². The largest absolute Gasteiger partial charge is 0.477 e. The maximum Gasteiger partial charge on any atom is 0.352 e. The molecule has 0 spiro atoms. The number of β-amino-alcohol motifs (C(OH)–C–C–N with tert-alkyl or cyclic N) is 1. The average Bonchev–Trinajstić information content (AvgIpc) is 2.83. The highest BCUT2D eigenvalue weighted by Gasteiger charge is 2.35. The third-order valence-corrected chi connectivity index (χ3v) is 5.45. The summed E-state index contributed by atoms with van der Waals surface area (Å²) in [5.74, 6) is -1.19. The summed E-state index contributed by atoms with van der Waals surface area (Å²) in [7, 11) is -3.77. The predicted octanol–water partition coefficient (Wildman–Crippen LogP) is 0.0850. The molecule has 0 saturated carbocycles. The molecule has 3 N–H and O–H groups in total. The molecule has 1 fully saturated rings. The molecule has 1 saturated heterocycles. The quantitative estimate of drug-likeness (QED) is 0.729. The number of nitrogens with zero attached hydrogens (tertiary/aromatic N) is 1. The first kappa shape index (κ1) is 14.0. The number of carbonyl (C=O) groups is 1. The summed E-state index contributed by atoms with van der Waals surface area (Å²) in [5.41, 5.74) is 0.388. The van der Waals surface area contributed by atoms with E-state index in [9.17, 15) is 18.3 Å². The lowest BCUT2D eigenvalue weighted by atomic mass is 10.2. The minimum Gasteiger partial charge on any atom is -0.477 e. The molecule has 1 aliphatic rings. The van der Waals surface area contributed by atoms with E-state index in [1.54, 1.807) is 0 Å². The van der Waals surface area contributed by atoms with Crippen LogP contribution in [0.5, 0.6) is 0 Å². The lowest BCUT2D eigenvalue weighted by Crippen LogP contribution is -2.30. The molecule has 0 bridgehead atoms. The van der Waals surface area contributed by atoms with E-state index >= 15 is 0 Å². The topological polar surface area (TPSA) is 111 Å². The number of aryl methyl sites for hydroxylation is 1. The van der Waals surface area contributed by atoms with E-state index in [1.165, 1.54) is 18.2 Å². The number of aromatic nitrogens is 1. The number of rotatable bonds is 3. The Hall–Kier alpha value is -1.38.